The lowest BCUT2D eigenvalue weighted by Crippen LogP contribution is -2.48. The number of piperidine rings is 1. The maximum atomic E-state index is 11.3. The molecule has 16 heteroatoms. The van der Waals surface area contributed by atoms with Crippen molar-refractivity contribution in [3.8, 4) is 0 Å². The van der Waals surface area contributed by atoms with Gasteiger partial charge >= 0.3 is 23.9 Å². The van der Waals surface area contributed by atoms with Crippen LogP contribution in [0.25, 0.3) is 10.9 Å². The summed E-state index contributed by atoms with van der Waals surface area (Å²) in [5.41, 5.74) is 9.53. The average Bonchev–Trinajstić information content (AvgIpc) is 3.32. The number of aliphatic hydroxyl groups excluding tert-OH is 4. The predicted molar refractivity (Wildman–Crippen MR) is 138 cm³/mol. The van der Waals surface area contributed by atoms with Crippen LogP contribution < -0.4 is 5.73 Å². The molecular weight excluding hydrogens is 550 g/mol. The topological polar surface area (TPSA) is 292 Å². The fourth-order valence-corrected chi connectivity index (χ4v) is 5.03. The molecule has 1 aliphatic heterocycles. The van der Waals surface area contributed by atoms with Crippen LogP contribution in [-0.2, 0) is 30.4 Å². The molecule has 2 aliphatic rings. The lowest BCUT2D eigenvalue weighted by atomic mass is 9.72. The van der Waals surface area contributed by atoms with Gasteiger partial charge in [0.05, 0.1) is 0 Å². The van der Waals surface area contributed by atoms with Gasteiger partial charge in [-0.1, -0.05) is 12.1 Å². The quantitative estimate of drug-likeness (QED) is 0.157. The molecule has 0 saturated carbocycles. The second kappa shape index (κ2) is 14.0. The number of carboxylic acid groups (broad SMARTS) is 4. The molecule has 0 spiro atoms. The summed E-state index contributed by atoms with van der Waals surface area (Å²) in [7, 11) is 2.18. The van der Waals surface area contributed by atoms with Gasteiger partial charge in [-0.05, 0) is 43.0 Å². The van der Waals surface area contributed by atoms with E-state index in [9.17, 15) is 24.0 Å². The highest BCUT2D eigenvalue weighted by Gasteiger charge is 2.39. The number of carboxylic acids is 4. The monoisotopic (exact) mass is 583 g/mol. The van der Waals surface area contributed by atoms with E-state index in [-0.39, 0.29) is 5.91 Å². The molecule has 1 fully saturated rings. The number of aromatic nitrogens is 1. The molecule has 41 heavy (non-hydrogen) atoms. The van der Waals surface area contributed by atoms with Gasteiger partial charge in [-0.2, -0.15) is 0 Å². The second-order valence-corrected chi connectivity index (χ2v) is 9.81. The van der Waals surface area contributed by atoms with E-state index in [1.54, 1.807) is 0 Å². The number of nitrogens with one attached hydrogen (secondary N) is 1. The molecule has 2 heterocycles. The first-order valence-electron chi connectivity index (χ1n) is 12.3. The zero-order valence-corrected chi connectivity index (χ0v) is 21.8. The van der Waals surface area contributed by atoms with Crippen molar-refractivity contribution in [2.75, 3.05) is 13.6 Å². The van der Waals surface area contributed by atoms with Gasteiger partial charge in [0.15, 0.2) is 24.4 Å². The van der Waals surface area contributed by atoms with Gasteiger partial charge in [-0.15, -0.1) is 0 Å². The summed E-state index contributed by atoms with van der Waals surface area (Å²) >= 11 is 0. The Kier molecular flexibility index (Phi) is 11.3. The van der Waals surface area contributed by atoms with Gasteiger partial charge in [-0.25, -0.2) is 19.2 Å². The summed E-state index contributed by atoms with van der Waals surface area (Å²) in [5.74, 6) is -6.36. The Morgan fingerprint density at radius 1 is 0.902 bits per heavy atom. The van der Waals surface area contributed by atoms with Crippen LogP contribution in [0.3, 0.4) is 0 Å². The number of hydrogen-bond donors (Lipinski definition) is 10. The van der Waals surface area contributed by atoms with E-state index in [0.717, 1.165) is 19.4 Å². The molecule has 1 amide bonds. The van der Waals surface area contributed by atoms with E-state index in [2.05, 4.69) is 41.3 Å². The van der Waals surface area contributed by atoms with Crippen molar-refractivity contribution in [2.45, 2.75) is 55.6 Å². The van der Waals surface area contributed by atoms with E-state index in [1.165, 1.54) is 22.0 Å². The number of hydrogen-bond acceptors (Lipinski definition) is 10. The van der Waals surface area contributed by atoms with Crippen molar-refractivity contribution in [3.63, 3.8) is 0 Å². The summed E-state index contributed by atoms with van der Waals surface area (Å²) in [6.07, 6.45) is -4.23. The number of aliphatic hydroxyl groups is 4. The molecule has 2 aromatic rings. The standard InChI is InChI=1S/C17H21N3O.2C4H6O6/c1-20-9-10(6-16(18)21)5-13-12-3-2-4-14-17(12)11(8-19-14)7-15(13)20;2*5-1(3(7)8)2(6)4(9)10/h2-4,8,10,13,15,19H,5-7,9H2,1H3,(H2,18,21);2*1-2,5-6H,(H,7,8)(H,9,10)/t10-,13+,15+;2*1-,2-/m011/s1. The van der Waals surface area contributed by atoms with E-state index in [4.69, 9.17) is 46.6 Å². The van der Waals surface area contributed by atoms with Crippen LogP contribution in [-0.4, -0.2) is 125 Å². The highest BCUT2D eigenvalue weighted by molar-refractivity contribution is 5.88. The molecule has 0 radical (unpaired) electrons. The molecule has 1 saturated heterocycles. The molecule has 0 bridgehead atoms. The van der Waals surface area contributed by atoms with Crippen molar-refractivity contribution < 1.29 is 64.8 Å². The maximum absolute atomic E-state index is 11.3. The summed E-state index contributed by atoms with van der Waals surface area (Å²) in [4.78, 5) is 56.2. The van der Waals surface area contributed by atoms with Crippen LogP contribution in [0.5, 0.6) is 0 Å². The van der Waals surface area contributed by atoms with Gasteiger partial charge in [0.25, 0.3) is 0 Å². The minimum Gasteiger partial charge on any atom is -0.479 e. The number of H-pyrrole nitrogens is 1. The number of fused-ring (bicyclic) bond motifs is 2. The van der Waals surface area contributed by atoms with Crippen molar-refractivity contribution in [1.29, 1.82) is 0 Å². The Hall–Kier alpha value is -4.09. The Morgan fingerprint density at radius 3 is 1.83 bits per heavy atom. The van der Waals surface area contributed by atoms with Crippen LogP contribution >= 0.6 is 0 Å². The molecular formula is C25H33N3O13. The second-order valence-electron chi connectivity index (χ2n) is 9.81. The zero-order chi connectivity index (χ0) is 31.2. The van der Waals surface area contributed by atoms with Crippen LogP contribution in [0.1, 0.15) is 29.9 Å². The van der Waals surface area contributed by atoms with Crippen LogP contribution in [0.4, 0.5) is 0 Å². The lowest BCUT2D eigenvalue weighted by Gasteiger charge is -2.45. The highest BCUT2D eigenvalue weighted by Crippen LogP contribution is 2.44. The summed E-state index contributed by atoms with van der Waals surface area (Å²) < 4.78 is 0. The normalized spacial score (nSPS) is 22.3. The van der Waals surface area contributed by atoms with Crippen molar-refractivity contribution >= 4 is 40.7 Å². The third-order valence-corrected chi connectivity index (χ3v) is 6.91. The maximum Gasteiger partial charge on any atom is 0.335 e. The molecule has 0 unspecified atom stereocenters. The van der Waals surface area contributed by atoms with Crippen LogP contribution in [0.15, 0.2) is 24.4 Å². The van der Waals surface area contributed by atoms with E-state index < -0.39 is 48.3 Å². The fourth-order valence-electron chi connectivity index (χ4n) is 5.03. The highest BCUT2D eigenvalue weighted by atomic mass is 16.4. The summed E-state index contributed by atoms with van der Waals surface area (Å²) in [6.45, 7) is 0.972. The molecule has 11 N–H and O–H groups in total. The van der Waals surface area contributed by atoms with Crippen LogP contribution in [0, 0.1) is 5.92 Å². The first-order chi connectivity index (χ1) is 19.1. The van der Waals surface area contributed by atoms with E-state index >= 15 is 0 Å². The number of carbonyl (C=O) groups excluding carboxylic acids is 1. The Labute approximate surface area is 232 Å². The number of likely N-dealkylation sites (tertiary alicyclic amines) is 1. The van der Waals surface area contributed by atoms with Gasteiger partial charge in [0, 0.05) is 42.0 Å². The minimum atomic E-state index is -2.27. The fraction of sp³-hybridized carbons (Fsp3) is 0.480. The third-order valence-electron chi connectivity index (χ3n) is 6.91. The number of benzene rings is 1. The average molecular weight is 584 g/mol. The number of aliphatic carboxylic acids is 4. The molecule has 4 rings (SSSR count). The largest absolute Gasteiger partial charge is 0.479 e. The minimum absolute atomic E-state index is 0.178. The number of amides is 1. The Bertz CT molecular complexity index is 1210. The van der Waals surface area contributed by atoms with Crippen molar-refractivity contribution in [1.82, 2.24) is 9.88 Å². The number of nitrogens with two attached hydrogens (primary N) is 1. The van der Waals surface area contributed by atoms with E-state index in [1.807, 2.05) is 0 Å². The molecule has 7 atom stereocenters. The third kappa shape index (κ3) is 8.21. The number of aromatic amines is 1. The zero-order valence-electron chi connectivity index (χ0n) is 21.8. The molecule has 16 nitrogen and oxygen atoms in total. The molecule has 226 valence electrons. The Balaban J connectivity index is 0.000000249. The molecule has 1 aromatic heterocycles. The predicted octanol–water partition coefficient (Wildman–Crippen LogP) is -2.24. The first kappa shape index (κ1) is 33.1. The first-order valence-corrected chi connectivity index (χ1v) is 12.3. The Morgan fingerprint density at radius 2 is 1.39 bits per heavy atom. The molecule has 1 aliphatic carbocycles. The number of primary amides is 1. The van der Waals surface area contributed by atoms with Gasteiger partial charge in [0.1, 0.15) is 0 Å². The number of likely N-dealkylation sites (N-methyl/N-ethyl adjacent to an activating group) is 1. The van der Waals surface area contributed by atoms with Crippen LogP contribution in [0.2, 0.25) is 0 Å². The van der Waals surface area contributed by atoms with E-state index in [0.29, 0.717) is 24.3 Å². The van der Waals surface area contributed by atoms with Gasteiger partial charge in [0.2, 0.25) is 5.91 Å². The van der Waals surface area contributed by atoms with Gasteiger partial charge < -0.3 is 56.5 Å². The summed E-state index contributed by atoms with van der Waals surface area (Å²) in [5, 5.41) is 66.5. The lowest BCUT2D eigenvalue weighted by molar-refractivity contribution is -0.165. The van der Waals surface area contributed by atoms with Gasteiger partial charge in [-0.3, -0.25) is 4.79 Å². The van der Waals surface area contributed by atoms with Crippen molar-refractivity contribution in [3.05, 3.63) is 35.5 Å². The summed E-state index contributed by atoms with van der Waals surface area (Å²) in [6, 6.07) is 7.09. The number of carbonyl (C=O) groups is 5. The molecule has 1 aromatic carbocycles. The number of nitrogens with zero attached hydrogens (tertiary/aromatic N) is 1. The smallest absolute Gasteiger partial charge is 0.335 e. The number of rotatable bonds is 8. The van der Waals surface area contributed by atoms with Crippen molar-refractivity contribution in [2.24, 2.45) is 11.7 Å². The SMILES string of the molecule is CN1C[C@H](CC(N)=O)C[C@@H]2c3cccc4[nH]cc(c34)C[C@H]21.O=C(O)[C@H](O)[C@@H](O)C(=O)O.O=C(O)[C@H](O)[C@@H](O)C(=O)O.